The van der Waals surface area contributed by atoms with E-state index in [-0.39, 0.29) is 68.7 Å². The Bertz CT molecular complexity index is 1080. The number of anilines is 1. The molecule has 1 unspecified atom stereocenters. The smallest absolute Gasteiger partial charge is 0.560 e. The number of hydrogen-bond donors (Lipinski definition) is 2. The first-order chi connectivity index (χ1) is 14.6. The molecule has 1 amide bonds. The maximum absolute atomic E-state index is 13.1. The molecule has 6 nitrogen and oxygen atoms in total. The summed E-state index contributed by atoms with van der Waals surface area (Å²) in [6.07, 6.45) is 2.84. The molecule has 1 aliphatic rings. The van der Waals surface area contributed by atoms with E-state index in [1.165, 1.54) is 13.1 Å². The molecule has 1 aromatic carbocycles. The van der Waals surface area contributed by atoms with Crippen molar-refractivity contribution in [1.82, 2.24) is 10.3 Å². The van der Waals surface area contributed by atoms with Crippen molar-refractivity contribution in [1.29, 1.82) is 0 Å². The van der Waals surface area contributed by atoms with E-state index in [1.807, 2.05) is 37.4 Å². The fourth-order valence-corrected chi connectivity index (χ4v) is 2.86. The number of carbonyl (C=O) groups excluding carboxylic acids is 1. The van der Waals surface area contributed by atoms with Gasteiger partial charge in [-0.25, -0.2) is 0 Å². The molecule has 162 valence electrons. The molecule has 0 radical (unpaired) electrons. The SMILES string of the molecule is Cc1ncc(C(=O)Nc2cccc(C(C)N[C-]=CN=C3C=[N+](C)[CH-]3)c2)cc1C(F)(F)F.[K+]. The second-order valence-electron chi connectivity index (χ2n) is 7.05. The quantitative estimate of drug-likeness (QED) is 0.287. The summed E-state index contributed by atoms with van der Waals surface area (Å²) in [5.41, 5.74) is 0.873. The van der Waals surface area contributed by atoms with E-state index >= 15 is 0 Å². The Balaban J connectivity index is 0.00000363. The molecule has 2 aromatic rings. The minimum atomic E-state index is -4.58. The second kappa shape index (κ2) is 11.2. The zero-order chi connectivity index (χ0) is 22.6. The van der Waals surface area contributed by atoms with Crippen LogP contribution in [0.5, 0.6) is 0 Å². The number of carbonyl (C=O) groups is 1. The zero-order valence-corrected chi connectivity index (χ0v) is 21.3. The van der Waals surface area contributed by atoms with Gasteiger partial charge in [0.15, 0.2) is 0 Å². The summed E-state index contributed by atoms with van der Waals surface area (Å²) in [5.74, 6) is -0.670. The molecule has 0 bridgehead atoms. The molecular formula is C22H21F3KN5O. The number of pyridine rings is 1. The molecule has 10 heteroatoms. The molecule has 1 atom stereocenters. The molecule has 0 fully saturated rings. The normalized spacial score (nSPS) is 15.3. The molecule has 2 heterocycles. The number of aryl methyl sites for hydroxylation is 1. The number of rotatable bonds is 6. The van der Waals surface area contributed by atoms with E-state index in [9.17, 15) is 18.0 Å². The average Bonchev–Trinajstić information content (AvgIpc) is 2.69. The summed E-state index contributed by atoms with van der Waals surface area (Å²) in [7, 11) is 1.91. The van der Waals surface area contributed by atoms with Crippen LogP contribution in [0.1, 0.15) is 40.1 Å². The van der Waals surface area contributed by atoms with Crippen LogP contribution in [-0.4, -0.2) is 34.4 Å². The van der Waals surface area contributed by atoms with Crippen LogP contribution in [-0.2, 0) is 6.18 Å². The van der Waals surface area contributed by atoms with Gasteiger partial charge < -0.3 is 26.4 Å². The van der Waals surface area contributed by atoms with Gasteiger partial charge in [0, 0.05) is 23.6 Å². The Labute approximate surface area is 227 Å². The Morgan fingerprint density at radius 2 is 2.06 bits per heavy atom. The minimum absolute atomic E-state index is 0. The van der Waals surface area contributed by atoms with Crippen LogP contribution >= 0.6 is 0 Å². The van der Waals surface area contributed by atoms with Crippen LogP contribution in [0.15, 0.2) is 47.7 Å². The summed E-state index contributed by atoms with van der Waals surface area (Å²) in [4.78, 5) is 20.3. The molecule has 3 rings (SSSR count). The number of aliphatic imine (C=N–C) groups is 1. The first kappa shape index (κ1) is 26.3. The number of alkyl halides is 3. The Morgan fingerprint density at radius 1 is 1.34 bits per heavy atom. The summed E-state index contributed by atoms with van der Waals surface area (Å²) in [6.45, 7) is 5.03. The van der Waals surface area contributed by atoms with Crippen molar-refractivity contribution in [2.45, 2.75) is 26.1 Å². The number of aromatic nitrogens is 1. The zero-order valence-electron chi connectivity index (χ0n) is 18.2. The van der Waals surface area contributed by atoms with Gasteiger partial charge in [-0.1, -0.05) is 12.1 Å². The van der Waals surface area contributed by atoms with Gasteiger partial charge in [-0.15, -0.1) is 6.20 Å². The van der Waals surface area contributed by atoms with Gasteiger partial charge in [0.1, 0.15) is 7.05 Å². The van der Waals surface area contributed by atoms with Crippen molar-refractivity contribution in [2.24, 2.45) is 4.99 Å². The van der Waals surface area contributed by atoms with E-state index in [0.717, 1.165) is 23.5 Å². The molecule has 0 aliphatic carbocycles. The maximum atomic E-state index is 13.1. The van der Waals surface area contributed by atoms with E-state index in [2.05, 4.69) is 26.8 Å². The second-order valence-corrected chi connectivity index (χ2v) is 7.05. The van der Waals surface area contributed by atoms with Crippen LogP contribution in [0.4, 0.5) is 18.9 Å². The fourth-order valence-electron chi connectivity index (χ4n) is 2.86. The van der Waals surface area contributed by atoms with Gasteiger partial charge in [-0.2, -0.15) is 13.2 Å². The third-order valence-electron chi connectivity index (χ3n) is 4.55. The largest absolute Gasteiger partial charge is 1.00 e. The van der Waals surface area contributed by atoms with Crippen LogP contribution < -0.4 is 62.0 Å². The fraction of sp³-hybridized carbons (Fsp3) is 0.227. The van der Waals surface area contributed by atoms with Gasteiger partial charge in [0.25, 0.3) is 5.91 Å². The van der Waals surface area contributed by atoms with Crippen LogP contribution in [0, 0.1) is 19.7 Å². The third kappa shape index (κ3) is 7.01. The number of nitrogens with one attached hydrogen (secondary N) is 2. The van der Waals surface area contributed by atoms with Gasteiger partial charge >= 0.3 is 57.6 Å². The first-order valence-electron chi connectivity index (χ1n) is 9.41. The van der Waals surface area contributed by atoms with Crippen molar-refractivity contribution in [3.63, 3.8) is 0 Å². The van der Waals surface area contributed by atoms with Crippen molar-refractivity contribution in [3.05, 3.63) is 77.9 Å². The van der Waals surface area contributed by atoms with Gasteiger partial charge in [0.2, 0.25) is 0 Å². The standard InChI is InChI=1S/C22H21F3N5O.K/c1-14(26-7-8-27-19-12-30(3)13-19)16-5-4-6-18(9-16)29-21(31)17-10-20(22(23,24)25)15(2)28-11-17;/h4-6,8-14,26H,1-3H3,(H,29,31);/q-1;+1. The molecule has 1 aliphatic heterocycles. The topological polar surface area (TPSA) is 69.4 Å². The number of benzene rings is 1. The van der Waals surface area contributed by atoms with E-state index < -0.39 is 17.6 Å². The number of halogens is 3. The van der Waals surface area contributed by atoms with Crippen molar-refractivity contribution >= 4 is 23.5 Å². The third-order valence-corrected chi connectivity index (χ3v) is 4.55. The van der Waals surface area contributed by atoms with Gasteiger partial charge in [-0.3, -0.25) is 9.78 Å². The van der Waals surface area contributed by atoms with Crippen molar-refractivity contribution in [2.75, 3.05) is 12.4 Å². The van der Waals surface area contributed by atoms with E-state index in [0.29, 0.717) is 5.69 Å². The Morgan fingerprint density at radius 3 is 2.72 bits per heavy atom. The summed E-state index contributed by atoms with van der Waals surface area (Å²) < 4.78 is 41.1. The molecule has 0 saturated heterocycles. The Hall–Kier alpha value is -1.98. The molecular weight excluding hydrogens is 446 g/mol. The summed E-state index contributed by atoms with van der Waals surface area (Å²) in [6, 6.07) is 7.67. The number of nitrogens with zero attached hydrogens (tertiary/aromatic N) is 3. The molecule has 0 saturated carbocycles. The molecule has 1 aromatic heterocycles. The first-order valence-corrected chi connectivity index (χ1v) is 9.41. The van der Waals surface area contributed by atoms with Crippen LogP contribution in [0.3, 0.4) is 0 Å². The maximum Gasteiger partial charge on any atom is 1.00 e. The van der Waals surface area contributed by atoms with Crippen LogP contribution in [0.25, 0.3) is 0 Å². The van der Waals surface area contributed by atoms with Crippen molar-refractivity contribution in [3.8, 4) is 0 Å². The van der Waals surface area contributed by atoms with E-state index in [4.69, 9.17) is 0 Å². The predicted molar refractivity (Wildman–Crippen MR) is 112 cm³/mol. The molecule has 32 heavy (non-hydrogen) atoms. The van der Waals surface area contributed by atoms with Gasteiger partial charge in [0.05, 0.1) is 29.6 Å². The van der Waals surface area contributed by atoms with E-state index in [1.54, 1.807) is 18.2 Å². The number of amides is 1. The Kier molecular flexibility index (Phi) is 9.23. The van der Waals surface area contributed by atoms with Crippen LogP contribution in [0.2, 0.25) is 0 Å². The molecule has 2 N–H and O–H groups in total. The van der Waals surface area contributed by atoms with Gasteiger partial charge in [-0.05, 0) is 37.6 Å². The summed E-state index contributed by atoms with van der Waals surface area (Å²) >= 11 is 0. The minimum Gasteiger partial charge on any atom is -0.560 e. The predicted octanol–water partition coefficient (Wildman–Crippen LogP) is 0.920. The summed E-state index contributed by atoms with van der Waals surface area (Å²) in [5, 5.41) is 5.67. The van der Waals surface area contributed by atoms with Crippen molar-refractivity contribution < 1.29 is 73.9 Å². The molecule has 0 spiro atoms. The number of hydrogen-bond acceptors (Lipinski definition) is 4. The average molecular weight is 468 g/mol. The monoisotopic (exact) mass is 467 g/mol.